The molecule has 2 heterocycles. The van der Waals surface area contributed by atoms with Crippen LogP contribution in [0.1, 0.15) is 12.1 Å². The summed E-state index contributed by atoms with van der Waals surface area (Å²) in [6, 6.07) is 1.80. The maximum absolute atomic E-state index is 5.50. The Labute approximate surface area is 70.9 Å². The molecule has 0 aromatic carbocycles. The van der Waals surface area contributed by atoms with Gasteiger partial charge in [0.25, 0.3) is 0 Å². The Kier molecular flexibility index (Phi) is 1.99. The van der Waals surface area contributed by atoms with Gasteiger partial charge in [0.1, 0.15) is 6.10 Å². The fourth-order valence-electron chi connectivity index (χ4n) is 1.29. The van der Waals surface area contributed by atoms with Crippen LogP contribution in [0.3, 0.4) is 0 Å². The van der Waals surface area contributed by atoms with Gasteiger partial charge in [-0.1, -0.05) is 5.16 Å². The molecular formula is C8H12N2O2. The second kappa shape index (κ2) is 3.15. The van der Waals surface area contributed by atoms with Crippen molar-refractivity contribution in [1.29, 1.82) is 0 Å². The predicted molar refractivity (Wildman–Crippen MR) is 43.1 cm³/mol. The van der Waals surface area contributed by atoms with Crippen molar-refractivity contribution in [3.63, 3.8) is 0 Å². The van der Waals surface area contributed by atoms with Crippen LogP contribution in [0.2, 0.25) is 0 Å². The van der Waals surface area contributed by atoms with Gasteiger partial charge in [0.05, 0.1) is 5.69 Å². The van der Waals surface area contributed by atoms with Crippen LogP contribution in [-0.4, -0.2) is 24.4 Å². The Morgan fingerprint density at radius 3 is 3.25 bits per heavy atom. The van der Waals surface area contributed by atoms with Gasteiger partial charge < -0.3 is 14.6 Å². The zero-order chi connectivity index (χ0) is 8.39. The number of aromatic nitrogens is 1. The molecule has 4 nitrogen and oxygen atoms in total. The maximum Gasteiger partial charge on any atom is 0.311 e. The first-order valence-electron chi connectivity index (χ1n) is 4.15. The molecule has 0 radical (unpaired) electrons. The fourth-order valence-corrected chi connectivity index (χ4v) is 1.29. The second-order valence-electron chi connectivity index (χ2n) is 3.02. The van der Waals surface area contributed by atoms with Gasteiger partial charge in [-0.3, -0.25) is 0 Å². The molecule has 0 amide bonds. The quantitative estimate of drug-likeness (QED) is 0.707. The van der Waals surface area contributed by atoms with E-state index in [0.717, 1.165) is 25.2 Å². The van der Waals surface area contributed by atoms with Gasteiger partial charge >= 0.3 is 5.95 Å². The van der Waals surface area contributed by atoms with E-state index in [1.165, 1.54) is 0 Å². The molecular weight excluding hydrogens is 156 g/mol. The van der Waals surface area contributed by atoms with Crippen molar-refractivity contribution in [2.45, 2.75) is 19.4 Å². The SMILES string of the molecule is Cc1cc(OC2CCNC2)on1. The number of aryl methyl sites for hydroxylation is 1. The van der Waals surface area contributed by atoms with Crippen LogP contribution >= 0.6 is 0 Å². The molecule has 0 saturated carbocycles. The summed E-state index contributed by atoms with van der Waals surface area (Å²) < 4.78 is 10.4. The Morgan fingerprint density at radius 1 is 1.75 bits per heavy atom. The number of ether oxygens (including phenoxy) is 1. The van der Waals surface area contributed by atoms with E-state index < -0.39 is 0 Å². The highest BCUT2D eigenvalue weighted by Gasteiger charge is 2.17. The van der Waals surface area contributed by atoms with Crippen LogP contribution in [0, 0.1) is 6.92 Å². The Hall–Kier alpha value is -1.03. The van der Waals surface area contributed by atoms with E-state index in [1.807, 2.05) is 6.92 Å². The standard InChI is InChI=1S/C8H12N2O2/c1-6-4-8(12-10-6)11-7-2-3-9-5-7/h4,7,9H,2-3,5H2,1H3. The highest BCUT2D eigenvalue weighted by molar-refractivity contribution is 5.08. The summed E-state index contributed by atoms with van der Waals surface area (Å²) in [6.07, 6.45) is 1.29. The first-order valence-corrected chi connectivity index (χ1v) is 4.15. The average Bonchev–Trinajstić information content (AvgIpc) is 2.63. The average molecular weight is 168 g/mol. The van der Waals surface area contributed by atoms with Gasteiger partial charge in [-0.2, -0.15) is 0 Å². The minimum Gasteiger partial charge on any atom is -0.459 e. The molecule has 1 aromatic rings. The van der Waals surface area contributed by atoms with E-state index in [0.29, 0.717) is 5.95 Å². The first-order chi connectivity index (χ1) is 5.84. The van der Waals surface area contributed by atoms with Gasteiger partial charge in [0, 0.05) is 12.6 Å². The van der Waals surface area contributed by atoms with Crippen LogP contribution in [0.5, 0.6) is 5.95 Å². The molecule has 1 N–H and O–H groups in total. The highest BCUT2D eigenvalue weighted by Crippen LogP contribution is 2.15. The summed E-state index contributed by atoms with van der Waals surface area (Å²) in [7, 11) is 0. The summed E-state index contributed by atoms with van der Waals surface area (Å²) in [5.74, 6) is 0.529. The van der Waals surface area contributed by atoms with Gasteiger partial charge in [-0.25, -0.2) is 0 Å². The van der Waals surface area contributed by atoms with Gasteiger partial charge in [0.2, 0.25) is 0 Å². The molecule has 1 atom stereocenters. The molecule has 12 heavy (non-hydrogen) atoms. The third-order valence-corrected chi connectivity index (χ3v) is 1.90. The minimum atomic E-state index is 0.248. The van der Waals surface area contributed by atoms with E-state index >= 15 is 0 Å². The lowest BCUT2D eigenvalue weighted by molar-refractivity contribution is 0.154. The maximum atomic E-state index is 5.50. The molecule has 1 saturated heterocycles. The molecule has 0 spiro atoms. The van der Waals surface area contributed by atoms with Crippen molar-refractivity contribution in [3.8, 4) is 5.95 Å². The zero-order valence-electron chi connectivity index (χ0n) is 7.04. The van der Waals surface area contributed by atoms with Crippen LogP contribution in [0.4, 0.5) is 0 Å². The summed E-state index contributed by atoms with van der Waals surface area (Å²) in [5, 5.41) is 6.95. The van der Waals surface area contributed by atoms with Crippen molar-refractivity contribution in [2.75, 3.05) is 13.1 Å². The van der Waals surface area contributed by atoms with Crippen LogP contribution in [0.25, 0.3) is 0 Å². The topological polar surface area (TPSA) is 47.3 Å². The summed E-state index contributed by atoms with van der Waals surface area (Å²) in [6.45, 7) is 3.81. The molecule has 4 heteroatoms. The van der Waals surface area contributed by atoms with E-state index in [2.05, 4.69) is 10.5 Å². The molecule has 1 aliphatic heterocycles. The molecule has 1 aliphatic rings. The largest absolute Gasteiger partial charge is 0.459 e. The molecule has 66 valence electrons. The van der Waals surface area contributed by atoms with Crippen LogP contribution in [0.15, 0.2) is 10.6 Å². The third kappa shape index (κ3) is 1.58. The Bertz CT molecular complexity index is 253. The van der Waals surface area contributed by atoms with E-state index in [-0.39, 0.29) is 6.10 Å². The number of nitrogens with zero attached hydrogens (tertiary/aromatic N) is 1. The number of nitrogens with one attached hydrogen (secondary N) is 1. The second-order valence-corrected chi connectivity index (χ2v) is 3.02. The van der Waals surface area contributed by atoms with Crippen LogP contribution in [-0.2, 0) is 0 Å². The normalized spacial score (nSPS) is 22.9. The number of hydrogen-bond acceptors (Lipinski definition) is 4. The first kappa shape index (κ1) is 7.61. The molecule has 2 rings (SSSR count). The fraction of sp³-hybridized carbons (Fsp3) is 0.625. The van der Waals surface area contributed by atoms with Crippen molar-refractivity contribution in [1.82, 2.24) is 10.5 Å². The van der Waals surface area contributed by atoms with Crippen molar-refractivity contribution >= 4 is 0 Å². The third-order valence-electron chi connectivity index (χ3n) is 1.90. The lowest BCUT2D eigenvalue weighted by Crippen LogP contribution is -2.19. The zero-order valence-corrected chi connectivity index (χ0v) is 7.04. The van der Waals surface area contributed by atoms with Crippen molar-refractivity contribution in [3.05, 3.63) is 11.8 Å². The molecule has 0 bridgehead atoms. The molecule has 1 aromatic heterocycles. The summed E-state index contributed by atoms with van der Waals surface area (Å²) >= 11 is 0. The highest BCUT2D eigenvalue weighted by atomic mass is 16.6. The van der Waals surface area contributed by atoms with Crippen molar-refractivity contribution in [2.24, 2.45) is 0 Å². The van der Waals surface area contributed by atoms with Gasteiger partial charge in [-0.15, -0.1) is 0 Å². The van der Waals surface area contributed by atoms with Crippen molar-refractivity contribution < 1.29 is 9.26 Å². The number of rotatable bonds is 2. The number of hydrogen-bond donors (Lipinski definition) is 1. The van der Waals surface area contributed by atoms with Gasteiger partial charge in [0.15, 0.2) is 0 Å². The molecule has 0 aliphatic carbocycles. The van der Waals surface area contributed by atoms with E-state index in [4.69, 9.17) is 9.26 Å². The van der Waals surface area contributed by atoms with E-state index in [9.17, 15) is 0 Å². The van der Waals surface area contributed by atoms with E-state index in [1.54, 1.807) is 6.07 Å². The summed E-state index contributed by atoms with van der Waals surface area (Å²) in [4.78, 5) is 0. The molecule has 1 fully saturated rings. The monoisotopic (exact) mass is 168 g/mol. The minimum absolute atomic E-state index is 0.248. The van der Waals surface area contributed by atoms with Crippen LogP contribution < -0.4 is 10.1 Å². The lowest BCUT2D eigenvalue weighted by Gasteiger charge is -2.07. The Balaban J connectivity index is 1.94. The Morgan fingerprint density at radius 2 is 2.67 bits per heavy atom. The lowest BCUT2D eigenvalue weighted by atomic mass is 10.3. The van der Waals surface area contributed by atoms with Gasteiger partial charge in [-0.05, 0) is 19.9 Å². The summed E-state index contributed by atoms with van der Waals surface area (Å²) in [5.41, 5.74) is 0.857. The smallest absolute Gasteiger partial charge is 0.311 e. The predicted octanol–water partition coefficient (Wildman–Crippen LogP) is 0.724. The molecule has 1 unspecified atom stereocenters.